The second-order valence-corrected chi connectivity index (χ2v) is 4.18. The van der Waals surface area contributed by atoms with E-state index in [1.54, 1.807) is 7.11 Å². The van der Waals surface area contributed by atoms with Gasteiger partial charge < -0.3 is 4.74 Å². The summed E-state index contributed by atoms with van der Waals surface area (Å²) in [7, 11) is 1.65. The van der Waals surface area contributed by atoms with E-state index in [0.29, 0.717) is 5.56 Å². The molecule has 4 nitrogen and oxygen atoms in total. The second-order valence-electron chi connectivity index (χ2n) is 4.18. The van der Waals surface area contributed by atoms with Gasteiger partial charge in [0.1, 0.15) is 5.75 Å². The minimum atomic E-state index is 0.551. The van der Waals surface area contributed by atoms with Crippen molar-refractivity contribution in [2.75, 3.05) is 7.11 Å². The Kier molecular flexibility index (Phi) is 2.76. The number of ether oxygens (including phenoxy) is 1. The molecule has 0 aliphatic carbocycles. The number of methoxy groups -OCH3 is 1. The van der Waals surface area contributed by atoms with Gasteiger partial charge in [0.25, 0.3) is 0 Å². The maximum atomic E-state index is 11.0. The summed E-state index contributed by atoms with van der Waals surface area (Å²) in [6.45, 7) is 0. The third kappa shape index (κ3) is 1.78. The van der Waals surface area contributed by atoms with Crippen LogP contribution in [0.2, 0.25) is 0 Å². The van der Waals surface area contributed by atoms with E-state index < -0.39 is 0 Å². The molecule has 19 heavy (non-hydrogen) atoms. The first-order chi connectivity index (χ1) is 9.35. The zero-order valence-electron chi connectivity index (χ0n) is 10.4. The molecule has 0 unspecified atom stereocenters. The number of aldehydes is 1. The lowest BCUT2D eigenvalue weighted by molar-refractivity contribution is 0.112. The fourth-order valence-corrected chi connectivity index (χ4v) is 2.27. The molecule has 0 radical (unpaired) electrons. The number of hydrogen-bond donors (Lipinski definition) is 1. The van der Waals surface area contributed by atoms with Crippen LogP contribution in [0.5, 0.6) is 5.75 Å². The highest BCUT2D eigenvalue weighted by molar-refractivity contribution is 6.02. The van der Waals surface area contributed by atoms with Crippen molar-refractivity contribution in [3.63, 3.8) is 0 Å². The SMILES string of the molecule is COc1ccc(-c2[nH]ncc2C=O)c2ccccc12. The van der Waals surface area contributed by atoms with Crippen LogP contribution in [0.3, 0.4) is 0 Å². The largest absolute Gasteiger partial charge is 0.496 e. The summed E-state index contributed by atoms with van der Waals surface area (Å²) >= 11 is 0. The van der Waals surface area contributed by atoms with Crippen molar-refractivity contribution in [3.05, 3.63) is 48.2 Å². The molecule has 1 aromatic heterocycles. The van der Waals surface area contributed by atoms with Crippen LogP contribution in [0.25, 0.3) is 22.0 Å². The third-order valence-corrected chi connectivity index (χ3v) is 3.17. The highest BCUT2D eigenvalue weighted by Gasteiger charge is 2.12. The van der Waals surface area contributed by atoms with Crippen LogP contribution in [0, 0.1) is 0 Å². The number of hydrogen-bond acceptors (Lipinski definition) is 3. The number of aromatic nitrogens is 2. The number of rotatable bonds is 3. The Morgan fingerprint density at radius 1 is 1.16 bits per heavy atom. The number of carbonyl (C=O) groups is 1. The molecular formula is C15H12N2O2. The summed E-state index contributed by atoms with van der Waals surface area (Å²) in [5.74, 6) is 0.812. The van der Waals surface area contributed by atoms with Crippen molar-refractivity contribution in [2.45, 2.75) is 0 Å². The molecule has 2 aromatic carbocycles. The quantitative estimate of drug-likeness (QED) is 0.729. The van der Waals surface area contributed by atoms with E-state index in [9.17, 15) is 4.79 Å². The van der Waals surface area contributed by atoms with Gasteiger partial charge >= 0.3 is 0 Å². The van der Waals surface area contributed by atoms with Gasteiger partial charge in [-0.15, -0.1) is 0 Å². The Morgan fingerprint density at radius 2 is 1.95 bits per heavy atom. The fraction of sp³-hybridized carbons (Fsp3) is 0.0667. The summed E-state index contributed by atoms with van der Waals surface area (Å²) < 4.78 is 5.36. The topological polar surface area (TPSA) is 55.0 Å². The molecule has 0 bridgehead atoms. The number of benzene rings is 2. The van der Waals surface area contributed by atoms with Gasteiger partial charge in [-0.05, 0) is 17.5 Å². The first-order valence-corrected chi connectivity index (χ1v) is 5.90. The fourth-order valence-electron chi connectivity index (χ4n) is 2.27. The van der Waals surface area contributed by atoms with E-state index in [0.717, 1.165) is 34.1 Å². The van der Waals surface area contributed by atoms with Crippen molar-refractivity contribution in [3.8, 4) is 17.0 Å². The molecule has 0 spiro atoms. The third-order valence-electron chi connectivity index (χ3n) is 3.17. The summed E-state index contributed by atoms with van der Waals surface area (Å²) in [4.78, 5) is 11.0. The molecule has 0 saturated carbocycles. The van der Waals surface area contributed by atoms with Crippen LogP contribution in [-0.4, -0.2) is 23.6 Å². The van der Waals surface area contributed by atoms with Crippen LogP contribution < -0.4 is 4.74 Å². The average molecular weight is 252 g/mol. The van der Waals surface area contributed by atoms with Crippen molar-refractivity contribution >= 4 is 17.1 Å². The van der Waals surface area contributed by atoms with Gasteiger partial charge in [-0.3, -0.25) is 9.89 Å². The number of aromatic amines is 1. The number of carbonyl (C=O) groups excluding carboxylic acids is 1. The lowest BCUT2D eigenvalue weighted by atomic mass is 9.99. The Balaban J connectivity index is 2.34. The van der Waals surface area contributed by atoms with Crippen molar-refractivity contribution in [1.82, 2.24) is 10.2 Å². The standard InChI is InChI=1S/C15H12N2O2/c1-19-14-7-6-13(11-4-2-3-5-12(11)14)15-10(9-18)8-16-17-15/h2-9H,1H3,(H,16,17). The molecular weight excluding hydrogens is 240 g/mol. The van der Waals surface area contributed by atoms with Crippen molar-refractivity contribution < 1.29 is 9.53 Å². The first kappa shape index (κ1) is 11.5. The minimum Gasteiger partial charge on any atom is -0.496 e. The molecule has 0 aliphatic rings. The predicted molar refractivity (Wildman–Crippen MR) is 73.5 cm³/mol. The average Bonchev–Trinajstić information content (AvgIpc) is 2.94. The van der Waals surface area contributed by atoms with E-state index in [-0.39, 0.29) is 0 Å². The van der Waals surface area contributed by atoms with Gasteiger partial charge in [-0.2, -0.15) is 5.10 Å². The first-order valence-electron chi connectivity index (χ1n) is 5.90. The zero-order chi connectivity index (χ0) is 13.2. The van der Waals surface area contributed by atoms with E-state index in [2.05, 4.69) is 10.2 Å². The Hall–Kier alpha value is -2.62. The van der Waals surface area contributed by atoms with Crippen LogP contribution in [-0.2, 0) is 0 Å². The lowest BCUT2D eigenvalue weighted by Gasteiger charge is -2.09. The van der Waals surface area contributed by atoms with Crippen molar-refractivity contribution in [2.24, 2.45) is 0 Å². The van der Waals surface area contributed by atoms with Gasteiger partial charge in [-0.25, -0.2) is 0 Å². The zero-order valence-corrected chi connectivity index (χ0v) is 10.4. The highest BCUT2D eigenvalue weighted by atomic mass is 16.5. The summed E-state index contributed by atoms with van der Waals surface area (Å²) in [6.07, 6.45) is 2.33. The van der Waals surface area contributed by atoms with Gasteiger partial charge in [0.15, 0.2) is 6.29 Å². The van der Waals surface area contributed by atoms with Gasteiger partial charge in [0.05, 0.1) is 24.6 Å². The van der Waals surface area contributed by atoms with E-state index in [1.807, 2.05) is 36.4 Å². The molecule has 1 N–H and O–H groups in total. The Bertz CT molecular complexity index is 747. The molecule has 0 fully saturated rings. The molecule has 4 heteroatoms. The minimum absolute atomic E-state index is 0.551. The molecule has 3 rings (SSSR count). The smallest absolute Gasteiger partial charge is 0.153 e. The molecule has 94 valence electrons. The van der Waals surface area contributed by atoms with Crippen LogP contribution in [0.15, 0.2) is 42.6 Å². The van der Waals surface area contributed by atoms with E-state index in [1.165, 1.54) is 6.20 Å². The molecule has 0 aliphatic heterocycles. The molecule has 0 saturated heterocycles. The molecule has 0 atom stereocenters. The van der Waals surface area contributed by atoms with Crippen molar-refractivity contribution in [1.29, 1.82) is 0 Å². The molecule has 0 amide bonds. The van der Waals surface area contributed by atoms with Gasteiger partial charge in [0, 0.05) is 10.9 Å². The van der Waals surface area contributed by atoms with E-state index in [4.69, 9.17) is 4.74 Å². The van der Waals surface area contributed by atoms with Gasteiger partial charge in [0.2, 0.25) is 0 Å². The lowest BCUT2D eigenvalue weighted by Crippen LogP contribution is -1.90. The maximum absolute atomic E-state index is 11.0. The summed E-state index contributed by atoms with van der Waals surface area (Å²) in [6, 6.07) is 11.7. The van der Waals surface area contributed by atoms with Crippen LogP contribution >= 0.6 is 0 Å². The number of nitrogens with zero attached hydrogens (tertiary/aromatic N) is 1. The molecule has 3 aromatic rings. The Labute approximate surface area is 110 Å². The van der Waals surface area contributed by atoms with Gasteiger partial charge in [-0.1, -0.05) is 24.3 Å². The number of nitrogens with one attached hydrogen (secondary N) is 1. The maximum Gasteiger partial charge on any atom is 0.153 e. The summed E-state index contributed by atoms with van der Waals surface area (Å²) in [5, 5.41) is 8.84. The monoisotopic (exact) mass is 252 g/mol. The van der Waals surface area contributed by atoms with Crippen LogP contribution in [0.4, 0.5) is 0 Å². The Morgan fingerprint density at radius 3 is 2.68 bits per heavy atom. The summed E-state index contributed by atoms with van der Waals surface area (Å²) in [5.41, 5.74) is 2.22. The van der Waals surface area contributed by atoms with E-state index >= 15 is 0 Å². The highest BCUT2D eigenvalue weighted by Crippen LogP contribution is 2.34. The number of H-pyrrole nitrogens is 1. The van der Waals surface area contributed by atoms with Crippen LogP contribution in [0.1, 0.15) is 10.4 Å². The molecule has 1 heterocycles. The predicted octanol–water partition coefficient (Wildman–Crippen LogP) is 3.05. The normalized spacial score (nSPS) is 10.6. The number of fused-ring (bicyclic) bond motifs is 1. The second kappa shape index (κ2) is 4.57.